The summed E-state index contributed by atoms with van der Waals surface area (Å²) in [6, 6.07) is 1.47. The molecule has 1 aromatic heterocycles. The highest BCUT2D eigenvalue weighted by atomic mass is 32.1. The zero-order valence-corrected chi connectivity index (χ0v) is 21.5. The Hall–Kier alpha value is -3.36. The molecule has 204 valence electrons. The Morgan fingerprint density at radius 1 is 1.16 bits per heavy atom. The second-order valence-electron chi connectivity index (χ2n) is 8.69. The molecular formula is C23H31F2N5O6S. The summed E-state index contributed by atoms with van der Waals surface area (Å²) in [5, 5.41) is 27.4. The van der Waals surface area contributed by atoms with Gasteiger partial charge in [0.15, 0.2) is 0 Å². The molecule has 1 heterocycles. The standard InChI is InChI=1S/C23H31F2N5O6S/c1-11(2)28-18(33)9-14(32)8-13(31)4-5-27-23(35)29-22-19(20(26)34)21(30-37-22)36-10-15-16(24)6-12(3)7-17(15)25/h6-7,11,13-14,31-32H,4-5,8-10H2,1-3H3,(H2,26,34)(H,28,33)(H2,27,29,35). The third-order valence-corrected chi connectivity index (χ3v) is 5.70. The lowest BCUT2D eigenvalue weighted by atomic mass is 10.1. The van der Waals surface area contributed by atoms with Crippen LogP contribution in [-0.4, -0.2) is 57.2 Å². The molecule has 0 bridgehead atoms. The monoisotopic (exact) mass is 543 g/mol. The average molecular weight is 544 g/mol. The summed E-state index contributed by atoms with van der Waals surface area (Å²) in [5.41, 5.74) is 5.14. The van der Waals surface area contributed by atoms with E-state index < -0.39 is 42.4 Å². The molecule has 7 N–H and O–H groups in total. The number of aromatic nitrogens is 1. The molecule has 2 unspecified atom stereocenters. The third-order valence-electron chi connectivity index (χ3n) is 4.95. The molecule has 0 radical (unpaired) electrons. The summed E-state index contributed by atoms with van der Waals surface area (Å²) >= 11 is 0.681. The molecule has 0 aliphatic heterocycles. The number of hydrogen-bond acceptors (Lipinski definition) is 8. The predicted octanol–water partition coefficient (Wildman–Crippen LogP) is 1.95. The van der Waals surface area contributed by atoms with Gasteiger partial charge in [0.25, 0.3) is 5.91 Å². The predicted molar refractivity (Wildman–Crippen MR) is 132 cm³/mol. The smallest absolute Gasteiger partial charge is 0.319 e. The number of aliphatic hydroxyl groups is 2. The van der Waals surface area contributed by atoms with E-state index in [-0.39, 0.29) is 59.8 Å². The second kappa shape index (κ2) is 13.8. The highest BCUT2D eigenvalue weighted by Gasteiger charge is 2.23. The van der Waals surface area contributed by atoms with Crippen molar-refractivity contribution in [1.29, 1.82) is 0 Å². The molecule has 0 aliphatic carbocycles. The lowest BCUT2D eigenvalue weighted by Gasteiger charge is -2.16. The van der Waals surface area contributed by atoms with Gasteiger partial charge in [0, 0.05) is 12.6 Å². The topological polar surface area (TPSA) is 176 Å². The molecular weight excluding hydrogens is 512 g/mol. The van der Waals surface area contributed by atoms with Gasteiger partial charge in [0.05, 0.1) is 24.2 Å². The third kappa shape index (κ3) is 9.55. The van der Waals surface area contributed by atoms with Gasteiger partial charge in [-0.25, -0.2) is 13.6 Å². The summed E-state index contributed by atoms with van der Waals surface area (Å²) in [6.07, 6.45) is -2.15. The van der Waals surface area contributed by atoms with Crippen LogP contribution >= 0.6 is 11.5 Å². The van der Waals surface area contributed by atoms with Crippen molar-refractivity contribution in [1.82, 2.24) is 15.0 Å². The number of nitrogens with two attached hydrogens (primary N) is 1. The molecule has 37 heavy (non-hydrogen) atoms. The van der Waals surface area contributed by atoms with Crippen LogP contribution in [0.25, 0.3) is 0 Å². The Kier molecular flexibility index (Phi) is 11.1. The van der Waals surface area contributed by atoms with E-state index in [1.165, 1.54) is 6.92 Å². The fraction of sp³-hybridized carbons (Fsp3) is 0.478. The van der Waals surface area contributed by atoms with E-state index in [2.05, 4.69) is 20.3 Å². The van der Waals surface area contributed by atoms with Crippen LogP contribution in [0.1, 0.15) is 54.6 Å². The minimum atomic E-state index is -1.04. The number of nitrogens with zero attached hydrogens (tertiary/aromatic N) is 1. The molecule has 0 fully saturated rings. The Morgan fingerprint density at radius 3 is 2.41 bits per heavy atom. The first-order valence-corrected chi connectivity index (χ1v) is 12.2. The lowest BCUT2D eigenvalue weighted by Crippen LogP contribution is -2.34. The van der Waals surface area contributed by atoms with E-state index in [1.54, 1.807) is 13.8 Å². The van der Waals surface area contributed by atoms with E-state index in [0.717, 1.165) is 12.1 Å². The van der Waals surface area contributed by atoms with Crippen LogP contribution in [0.2, 0.25) is 0 Å². The lowest BCUT2D eigenvalue weighted by molar-refractivity contribution is -0.123. The van der Waals surface area contributed by atoms with Crippen molar-refractivity contribution in [3.8, 4) is 5.88 Å². The quantitative estimate of drug-likeness (QED) is 0.224. The van der Waals surface area contributed by atoms with Gasteiger partial charge in [-0.1, -0.05) is 0 Å². The van der Waals surface area contributed by atoms with Crippen molar-refractivity contribution in [2.75, 3.05) is 11.9 Å². The van der Waals surface area contributed by atoms with Crippen LogP contribution in [0.3, 0.4) is 0 Å². The van der Waals surface area contributed by atoms with Gasteiger partial charge in [0.2, 0.25) is 11.8 Å². The number of carbonyl (C=O) groups excluding carboxylic acids is 3. The number of carbonyl (C=O) groups is 3. The molecule has 0 saturated heterocycles. The summed E-state index contributed by atoms with van der Waals surface area (Å²) in [6.45, 7) is 4.56. The molecule has 1 aromatic carbocycles. The van der Waals surface area contributed by atoms with Gasteiger partial charge in [-0.05, 0) is 62.8 Å². The minimum Gasteiger partial charge on any atom is -0.471 e. The highest BCUT2D eigenvalue weighted by molar-refractivity contribution is 7.11. The molecule has 4 amide bonds. The van der Waals surface area contributed by atoms with Crippen molar-refractivity contribution in [2.45, 2.75) is 64.9 Å². The number of aliphatic hydroxyl groups excluding tert-OH is 2. The maximum atomic E-state index is 14.1. The molecule has 0 saturated carbocycles. The molecule has 2 rings (SSSR count). The van der Waals surface area contributed by atoms with Crippen molar-refractivity contribution < 1.29 is 38.1 Å². The Labute approximate surface area is 216 Å². The molecule has 2 aromatic rings. The van der Waals surface area contributed by atoms with Crippen LogP contribution in [-0.2, 0) is 11.4 Å². The van der Waals surface area contributed by atoms with Gasteiger partial charge in [-0.3, -0.25) is 14.9 Å². The van der Waals surface area contributed by atoms with Crippen molar-refractivity contribution in [2.24, 2.45) is 5.73 Å². The maximum absolute atomic E-state index is 14.1. The summed E-state index contributed by atoms with van der Waals surface area (Å²) in [5.74, 6) is -3.24. The van der Waals surface area contributed by atoms with Crippen LogP contribution in [0.5, 0.6) is 5.88 Å². The second-order valence-corrected chi connectivity index (χ2v) is 9.46. The Balaban J connectivity index is 1.87. The van der Waals surface area contributed by atoms with E-state index >= 15 is 0 Å². The van der Waals surface area contributed by atoms with E-state index in [4.69, 9.17) is 10.5 Å². The first-order valence-electron chi connectivity index (χ1n) is 11.4. The number of aryl methyl sites for hydroxylation is 1. The molecule has 2 atom stereocenters. The van der Waals surface area contributed by atoms with E-state index in [9.17, 15) is 33.4 Å². The van der Waals surface area contributed by atoms with Gasteiger partial charge in [-0.15, -0.1) is 0 Å². The number of ether oxygens (including phenoxy) is 1. The zero-order valence-electron chi connectivity index (χ0n) is 20.6. The first kappa shape index (κ1) is 29.9. The number of hydrogen-bond donors (Lipinski definition) is 6. The highest BCUT2D eigenvalue weighted by Crippen LogP contribution is 2.31. The van der Waals surface area contributed by atoms with Gasteiger partial charge in [0.1, 0.15) is 28.8 Å². The van der Waals surface area contributed by atoms with Gasteiger partial charge in [-0.2, -0.15) is 4.37 Å². The van der Waals surface area contributed by atoms with Crippen LogP contribution < -0.4 is 26.4 Å². The number of benzene rings is 1. The van der Waals surface area contributed by atoms with E-state index in [1.807, 2.05) is 0 Å². The summed E-state index contributed by atoms with van der Waals surface area (Å²) < 4.78 is 37.3. The molecule has 0 aliphatic rings. The van der Waals surface area contributed by atoms with Crippen molar-refractivity contribution in [3.05, 3.63) is 40.5 Å². The maximum Gasteiger partial charge on any atom is 0.319 e. The number of amides is 4. The number of urea groups is 1. The van der Waals surface area contributed by atoms with Crippen LogP contribution in [0, 0.1) is 18.6 Å². The molecule has 0 spiro atoms. The van der Waals surface area contributed by atoms with Crippen LogP contribution in [0.15, 0.2) is 12.1 Å². The summed E-state index contributed by atoms with van der Waals surface area (Å²) in [4.78, 5) is 35.8. The van der Waals surface area contributed by atoms with Gasteiger partial charge >= 0.3 is 6.03 Å². The Bertz CT molecular complexity index is 1090. The van der Waals surface area contributed by atoms with Gasteiger partial charge < -0.3 is 31.3 Å². The minimum absolute atomic E-state index is 0.0119. The number of rotatable bonds is 13. The number of nitrogens with one attached hydrogen (secondary N) is 3. The summed E-state index contributed by atoms with van der Waals surface area (Å²) in [7, 11) is 0. The zero-order chi connectivity index (χ0) is 27.7. The van der Waals surface area contributed by atoms with Crippen molar-refractivity contribution in [3.63, 3.8) is 0 Å². The molecule has 14 heteroatoms. The average Bonchev–Trinajstić information content (AvgIpc) is 3.14. The number of anilines is 1. The first-order chi connectivity index (χ1) is 17.4. The molecule has 11 nitrogen and oxygen atoms in total. The largest absolute Gasteiger partial charge is 0.471 e. The Morgan fingerprint density at radius 2 is 1.81 bits per heavy atom. The normalized spacial score (nSPS) is 12.6. The fourth-order valence-electron chi connectivity index (χ4n) is 3.29. The number of halogens is 2. The van der Waals surface area contributed by atoms with E-state index in [0.29, 0.717) is 17.1 Å². The number of primary amides is 1. The fourth-order valence-corrected chi connectivity index (χ4v) is 4.03. The van der Waals surface area contributed by atoms with Crippen molar-refractivity contribution >= 4 is 34.4 Å². The van der Waals surface area contributed by atoms with Crippen LogP contribution in [0.4, 0.5) is 18.6 Å². The SMILES string of the molecule is Cc1cc(F)c(COc2nsc(NC(=O)NCCC(O)CC(O)CC(=O)NC(C)C)c2C(N)=O)c(F)c1.